The lowest BCUT2D eigenvalue weighted by atomic mass is 10.00. The van der Waals surface area contributed by atoms with E-state index in [1.165, 1.54) is 23.1 Å². The molecule has 1 saturated carbocycles. The quantitative estimate of drug-likeness (QED) is 0.410. The molecule has 1 fully saturated rings. The molecule has 0 saturated heterocycles. The van der Waals surface area contributed by atoms with E-state index in [2.05, 4.69) is 6.07 Å². The summed E-state index contributed by atoms with van der Waals surface area (Å²) in [6.45, 7) is 1.28. The van der Waals surface area contributed by atoms with Crippen LogP contribution < -0.4 is 9.47 Å². The van der Waals surface area contributed by atoms with Crippen LogP contribution in [-0.4, -0.2) is 55.0 Å². The van der Waals surface area contributed by atoms with Crippen LogP contribution in [0.3, 0.4) is 0 Å². The SMILES string of the molecule is COc1ccccc1OCC1c2ccsc2CCN1C(=O)CN(CC1CC1)C(=O)c1cccc(F)c1. The molecule has 2 aromatic carbocycles. The third kappa shape index (κ3) is 5.38. The Hall–Kier alpha value is -3.39. The molecule has 0 bridgehead atoms. The van der Waals surface area contributed by atoms with Crippen LogP contribution in [0, 0.1) is 11.7 Å². The third-order valence-corrected chi connectivity index (χ3v) is 7.74. The van der Waals surface area contributed by atoms with E-state index in [-0.39, 0.29) is 36.6 Å². The van der Waals surface area contributed by atoms with E-state index in [0.29, 0.717) is 30.5 Å². The van der Waals surface area contributed by atoms with Gasteiger partial charge in [0.25, 0.3) is 5.91 Å². The molecular formula is C28H29FN2O4S. The van der Waals surface area contributed by atoms with Gasteiger partial charge in [0.05, 0.1) is 13.2 Å². The van der Waals surface area contributed by atoms with Crippen molar-refractivity contribution in [2.75, 3.05) is 33.4 Å². The summed E-state index contributed by atoms with van der Waals surface area (Å²) in [5.41, 5.74) is 1.35. The van der Waals surface area contributed by atoms with Crippen LogP contribution in [-0.2, 0) is 11.2 Å². The fraction of sp³-hybridized carbons (Fsp3) is 0.357. The Labute approximate surface area is 214 Å². The lowest BCUT2D eigenvalue weighted by Gasteiger charge is -2.37. The normalized spacial score (nSPS) is 16.8. The number of hydrogen-bond donors (Lipinski definition) is 0. The van der Waals surface area contributed by atoms with E-state index in [1.54, 1.807) is 29.4 Å². The van der Waals surface area contributed by atoms with Gasteiger partial charge in [-0.15, -0.1) is 11.3 Å². The zero-order chi connectivity index (χ0) is 25.1. The first-order chi connectivity index (χ1) is 17.5. The van der Waals surface area contributed by atoms with Crippen molar-refractivity contribution in [1.29, 1.82) is 0 Å². The molecule has 3 aromatic rings. The summed E-state index contributed by atoms with van der Waals surface area (Å²) in [5.74, 6) is 0.730. The van der Waals surface area contributed by atoms with Crippen molar-refractivity contribution >= 4 is 23.2 Å². The predicted molar refractivity (Wildman–Crippen MR) is 136 cm³/mol. The summed E-state index contributed by atoms with van der Waals surface area (Å²) in [6.07, 6.45) is 2.85. The number of amides is 2. The minimum atomic E-state index is -0.465. The number of nitrogens with zero attached hydrogens (tertiary/aromatic N) is 2. The van der Waals surface area contributed by atoms with Crippen molar-refractivity contribution < 1.29 is 23.5 Å². The minimum Gasteiger partial charge on any atom is -0.493 e. The van der Waals surface area contributed by atoms with E-state index in [0.717, 1.165) is 24.8 Å². The average molecular weight is 509 g/mol. The van der Waals surface area contributed by atoms with Crippen LogP contribution in [0.2, 0.25) is 0 Å². The van der Waals surface area contributed by atoms with Crippen molar-refractivity contribution in [3.05, 3.63) is 81.8 Å². The van der Waals surface area contributed by atoms with Gasteiger partial charge in [-0.2, -0.15) is 0 Å². The molecule has 0 spiro atoms. The van der Waals surface area contributed by atoms with E-state index in [9.17, 15) is 14.0 Å². The molecule has 36 heavy (non-hydrogen) atoms. The van der Waals surface area contributed by atoms with E-state index in [4.69, 9.17) is 9.47 Å². The molecule has 0 radical (unpaired) electrons. The van der Waals surface area contributed by atoms with Gasteiger partial charge >= 0.3 is 0 Å². The Morgan fingerprint density at radius 1 is 1.11 bits per heavy atom. The number of benzene rings is 2. The summed E-state index contributed by atoms with van der Waals surface area (Å²) in [6, 6.07) is 14.9. The highest BCUT2D eigenvalue weighted by Gasteiger charge is 2.35. The van der Waals surface area contributed by atoms with Gasteiger partial charge in [0.1, 0.15) is 19.0 Å². The van der Waals surface area contributed by atoms with Crippen molar-refractivity contribution in [3.63, 3.8) is 0 Å². The first-order valence-corrected chi connectivity index (χ1v) is 13.1. The zero-order valence-electron chi connectivity index (χ0n) is 20.2. The van der Waals surface area contributed by atoms with E-state index < -0.39 is 5.82 Å². The number of fused-ring (bicyclic) bond motifs is 1. The largest absolute Gasteiger partial charge is 0.493 e. The zero-order valence-corrected chi connectivity index (χ0v) is 21.0. The number of carbonyl (C=O) groups is 2. The van der Waals surface area contributed by atoms with Crippen molar-refractivity contribution in [2.24, 2.45) is 5.92 Å². The van der Waals surface area contributed by atoms with Crippen LogP contribution in [0.25, 0.3) is 0 Å². The number of hydrogen-bond acceptors (Lipinski definition) is 5. The highest BCUT2D eigenvalue weighted by atomic mass is 32.1. The third-order valence-electron chi connectivity index (χ3n) is 6.74. The van der Waals surface area contributed by atoms with Crippen LogP contribution in [0.5, 0.6) is 11.5 Å². The number of rotatable bonds is 9. The number of halogens is 1. The predicted octanol–water partition coefficient (Wildman–Crippen LogP) is 4.95. The van der Waals surface area contributed by atoms with E-state index >= 15 is 0 Å². The summed E-state index contributed by atoms with van der Waals surface area (Å²) in [4.78, 5) is 31.6. The lowest BCUT2D eigenvalue weighted by molar-refractivity contribution is -0.135. The monoisotopic (exact) mass is 508 g/mol. The Bertz CT molecular complexity index is 1240. The van der Waals surface area contributed by atoms with Crippen molar-refractivity contribution in [3.8, 4) is 11.5 Å². The van der Waals surface area contributed by atoms with Gasteiger partial charge in [0.2, 0.25) is 5.91 Å². The molecule has 2 heterocycles. The van der Waals surface area contributed by atoms with Gasteiger partial charge < -0.3 is 19.3 Å². The smallest absolute Gasteiger partial charge is 0.254 e. The highest BCUT2D eigenvalue weighted by Crippen LogP contribution is 2.36. The molecule has 6 nitrogen and oxygen atoms in total. The second kappa shape index (κ2) is 10.7. The van der Waals surface area contributed by atoms with Gasteiger partial charge in [-0.1, -0.05) is 18.2 Å². The summed E-state index contributed by atoms with van der Waals surface area (Å²) in [5, 5.41) is 2.04. The number of thiophene rings is 1. The molecule has 1 aliphatic heterocycles. The molecular weight excluding hydrogens is 479 g/mol. The van der Waals surface area contributed by atoms with Crippen LogP contribution in [0.4, 0.5) is 4.39 Å². The molecule has 5 rings (SSSR count). The average Bonchev–Trinajstić information content (AvgIpc) is 3.58. The molecule has 1 aromatic heterocycles. The maximum Gasteiger partial charge on any atom is 0.254 e. The second-order valence-corrected chi connectivity index (χ2v) is 10.3. The number of ether oxygens (including phenoxy) is 2. The molecule has 1 aliphatic carbocycles. The summed E-state index contributed by atoms with van der Waals surface area (Å²) < 4.78 is 25.4. The summed E-state index contributed by atoms with van der Waals surface area (Å²) in [7, 11) is 1.60. The Balaban J connectivity index is 1.35. The first-order valence-electron chi connectivity index (χ1n) is 12.2. The maximum atomic E-state index is 13.8. The molecule has 0 N–H and O–H groups in total. The fourth-order valence-electron chi connectivity index (χ4n) is 4.67. The second-order valence-electron chi connectivity index (χ2n) is 9.25. The fourth-order valence-corrected chi connectivity index (χ4v) is 5.60. The van der Waals surface area contributed by atoms with Crippen LogP contribution in [0.1, 0.15) is 39.7 Å². The first kappa shape index (κ1) is 24.3. The standard InChI is InChI=1S/C28H29FN2O4S/c1-34-24-7-2-3-8-25(24)35-18-23-22-12-14-36-26(22)11-13-31(23)27(32)17-30(16-19-9-10-19)28(33)20-5-4-6-21(29)15-20/h2-8,12,14-15,19,23H,9-11,13,16-18H2,1H3. The minimum absolute atomic E-state index is 0.0452. The molecule has 188 valence electrons. The number of carbonyl (C=O) groups excluding carboxylic acids is 2. The topological polar surface area (TPSA) is 59.1 Å². The van der Waals surface area contributed by atoms with Gasteiger partial charge in [-0.3, -0.25) is 9.59 Å². The maximum absolute atomic E-state index is 13.8. The molecule has 1 atom stereocenters. The Morgan fingerprint density at radius 3 is 2.67 bits per heavy atom. The Kier molecular flexibility index (Phi) is 7.23. The van der Waals surface area contributed by atoms with E-state index in [1.807, 2.05) is 34.5 Å². The van der Waals surface area contributed by atoms with Gasteiger partial charge in [0.15, 0.2) is 11.5 Å². The summed E-state index contributed by atoms with van der Waals surface area (Å²) >= 11 is 1.69. The number of methoxy groups -OCH3 is 1. The highest BCUT2D eigenvalue weighted by molar-refractivity contribution is 7.10. The van der Waals surface area contributed by atoms with Crippen molar-refractivity contribution in [1.82, 2.24) is 9.80 Å². The van der Waals surface area contributed by atoms with Gasteiger partial charge in [0, 0.05) is 23.5 Å². The van der Waals surface area contributed by atoms with Crippen LogP contribution >= 0.6 is 11.3 Å². The molecule has 1 unspecified atom stereocenters. The number of para-hydroxylation sites is 2. The van der Waals surface area contributed by atoms with Crippen molar-refractivity contribution in [2.45, 2.75) is 25.3 Å². The molecule has 2 amide bonds. The Morgan fingerprint density at radius 2 is 1.92 bits per heavy atom. The molecule has 8 heteroatoms. The van der Waals surface area contributed by atoms with Crippen LogP contribution in [0.15, 0.2) is 60.0 Å². The van der Waals surface area contributed by atoms with Gasteiger partial charge in [-0.05, 0) is 72.5 Å². The lowest BCUT2D eigenvalue weighted by Crippen LogP contribution is -2.48. The molecule has 2 aliphatic rings. The van der Waals surface area contributed by atoms with Gasteiger partial charge in [-0.25, -0.2) is 4.39 Å².